The van der Waals surface area contributed by atoms with Crippen LogP contribution in [-0.2, 0) is 36.7 Å². The number of fused-ring (bicyclic) bond motifs is 2. The molecule has 3 N–H and O–H groups in total. The highest BCUT2D eigenvalue weighted by atomic mass is 79.9. The maximum absolute atomic E-state index is 13.5. The summed E-state index contributed by atoms with van der Waals surface area (Å²) < 4.78 is 12.3. The summed E-state index contributed by atoms with van der Waals surface area (Å²) in [5.41, 5.74) is 10.2. The number of esters is 2. The Morgan fingerprint density at radius 3 is 1.75 bits per heavy atom. The van der Waals surface area contributed by atoms with Crippen molar-refractivity contribution >= 4 is 55.5 Å². The predicted molar refractivity (Wildman–Crippen MR) is 191 cm³/mol. The van der Waals surface area contributed by atoms with Crippen LogP contribution in [0.5, 0.6) is 0 Å². The van der Waals surface area contributed by atoms with Crippen molar-refractivity contribution < 1.29 is 29.0 Å². The summed E-state index contributed by atoms with van der Waals surface area (Å²) in [4.78, 5) is 42.7. The highest BCUT2D eigenvalue weighted by Crippen LogP contribution is 2.45. The number of nitrogens with two attached hydrogens (primary N) is 1. The number of carboxylic acids is 1. The van der Waals surface area contributed by atoms with Crippen molar-refractivity contribution in [1.29, 1.82) is 0 Å². The fraction of sp³-hybridized carbons (Fsp3) is 0.263. The Hall–Kier alpha value is -4.12. The lowest BCUT2D eigenvalue weighted by atomic mass is 9.79. The van der Waals surface area contributed by atoms with Crippen LogP contribution in [0, 0.1) is 0 Å². The van der Waals surface area contributed by atoms with Crippen LogP contribution in [0.15, 0.2) is 111 Å². The summed E-state index contributed by atoms with van der Waals surface area (Å²) in [7, 11) is 2.55. The smallest absolute Gasteiger partial charge is 0.346 e. The Morgan fingerprint density at radius 1 is 0.771 bits per heavy atom. The third kappa shape index (κ3) is 7.16. The summed E-state index contributed by atoms with van der Waals surface area (Å²) in [5.74, 6) is -2.98. The molecule has 0 fully saturated rings. The molecule has 0 amide bonds. The molecule has 4 aromatic carbocycles. The molecule has 0 spiro atoms. The average molecular weight is 777 g/mol. The van der Waals surface area contributed by atoms with Crippen LogP contribution >= 0.6 is 31.9 Å². The second-order valence-corrected chi connectivity index (χ2v) is 13.6. The Balaban J connectivity index is 0.000000250. The molecule has 10 heteroatoms. The number of benzene rings is 4. The van der Waals surface area contributed by atoms with Crippen LogP contribution in [0.1, 0.15) is 58.1 Å². The molecule has 0 radical (unpaired) electrons. The number of carbonyl (C=O) groups is 3. The molecule has 6 rings (SSSR count). The van der Waals surface area contributed by atoms with Gasteiger partial charge >= 0.3 is 17.9 Å². The molecule has 0 saturated heterocycles. The molecular weight excluding hydrogens is 740 g/mol. The number of aliphatic carboxylic acids is 1. The maximum Gasteiger partial charge on any atom is 0.346 e. The number of nitrogens with zero attached hydrogens (tertiary/aromatic N) is 1. The zero-order valence-corrected chi connectivity index (χ0v) is 29.7. The Bertz CT molecular complexity index is 1770. The lowest BCUT2D eigenvalue weighted by Gasteiger charge is -2.32. The standard InChI is InChI=1S/C27H24BrNO4.C11H12BrNO2/c1-32-25(30)27(26(31)33-2,23-16-14-18-13-15-21(28)17-22(18)23)29-24(19-9-5-3-6-10-19)20-11-7-4-8-12-20;12-7-3-1-6-2-4-8(9(6)5-7)10(13)11(14)15/h3-13,15,17,23H,14,16H2,1-2H3;1,3,5,8,10H,2,4,13H2,(H,14,15)/t23-;8-,10?/m11/s1. The molecule has 48 heavy (non-hydrogen) atoms. The zero-order valence-electron chi connectivity index (χ0n) is 26.6. The van der Waals surface area contributed by atoms with Crippen LogP contribution < -0.4 is 5.73 Å². The molecule has 0 saturated carbocycles. The quantitative estimate of drug-likeness (QED) is 0.112. The molecule has 4 aromatic rings. The molecule has 3 atom stereocenters. The minimum Gasteiger partial charge on any atom is -0.480 e. The molecule has 2 aliphatic rings. The molecule has 0 aliphatic heterocycles. The first-order chi connectivity index (χ1) is 23.1. The van der Waals surface area contributed by atoms with Gasteiger partial charge in [-0.1, -0.05) is 105 Å². The van der Waals surface area contributed by atoms with Gasteiger partial charge in [0.05, 0.1) is 19.9 Å². The molecule has 0 heterocycles. The van der Waals surface area contributed by atoms with E-state index in [0.29, 0.717) is 12.1 Å². The SMILES string of the molecule is COC(=O)C(N=C(c1ccccc1)c1ccccc1)(C(=O)OC)[C@@H]1CCc2ccc(Br)cc21.NC(C(=O)O)[C@@H]1CCc2ccc(Br)cc21. The first-order valence-electron chi connectivity index (χ1n) is 15.5. The fourth-order valence-corrected chi connectivity index (χ4v) is 7.43. The van der Waals surface area contributed by atoms with E-state index in [1.54, 1.807) is 0 Å². The summed E-state index contributed by atoms with van der Waals surface area (Å²) in [5, 5.41) is 8.90. The number of rotatable bonds is 8. The second-order valence-electron chi connectivity index (χ2n) is 11.7. The van der Waals surface area contributed by atoms with Gasteiger partial charge in [-0.3, -0.25) is 9.79 Å². The van der Waals surface area contributed by atoms with Gasteiger partial charge in [0, 0.05) is 31.9 Å². The van der Waals surface area contributed by atoms with Gasteiger partial charge in [0.1, 0.15) is 6.04 Å². The van der Waals surface area contributed by atoms with E-state index in [1.165, 1.54) is 19.8 Å². The van der Waals surface area contributed by atoms with Crippen molar-refractivity contribution in [3.63, 3.8) is 0 Å². The highest BCUT2D eigenvalue weighted by molar-refractivity contribution is 9.10. The molecule has 2 aliphatic carbocycles. The van der Waals surface area contributed by atoms with E-state index in [4.69, 9.17) is 25.3 Å². The lowest BCUT2D eigenvalue weighted by molar-refractivity contribution is -0.162. The molecule has 0 bridgehead atoms. The maximum atomic E-state index is 13.5. The number of carbonyl (C=O) groups excluding carboxylic acids is 2. The van der Waals surface area contributed by atoms with Gasteiger partial charge < -0.3 is 20.3 Å². The van der Waals surface area contributed by atoms with Crippen LogP contribution in [0.4, 0.5) is 0 Å². The van der Waals surface area contributed by atoms with Gasteiger partial charge in [-0.2, -0.15) is 0 Å². The molecule has 0 aromatic heterocycles. The predicted octanol–water partition coefficient (Wildman–Crippen LogP) is 6.99. The van der Waals surface area contributed by atoms with Crippen molar-refractivity contribution in [2.24, 2.45) is 10.7 Å². The number of carboxylic acid groups (broad SMARTS) is 1. The summed E-state index contributed by atoms with van der Waals surface area (Å²) >= 11 is 6.91. The number of halogens is 2. The molecule has 248 valence electrons. The normalized spacial score (nSPS) is 16.8. The highest BCUT2D eigenvalue weighted by Gasteiger charge is 2.57. The number of hydrogen-bond acceptors (Lipinski definition) is 7. The van der Waals surface area contributed by atoms with Gasteiger partial charge in [0.15, 0.2) is 0 Å². The topological polar surface area (TPSA) is 128 Å². The number of ether oxygens (including phenoxy) is 2. The summed E-state index contributed by atoms with van der Waals surface area (Å²) in [6.45, 7) is 0. The molecule has 1 unspecified atom stereocenters. The minimum absolute atomic E-state index is 0.0463. The van der Waals surface area contributed by atoms with Crippen LogP contribution in [0.25, 0.3) is 0 Å². The monoisotopic (exact) mass is 774 g/mol. The van der Waals surface area contributed by atoms with Gasteiger partial charge in [-0.15, -0.1) is 0 Å². The Kier molecular flexibility index (Phi) is 11.3. The average Bonchev–Trinajstić information content (AvgIpc) is 3.73. The van der Waals surface area contributed by atoms with E-state index < -0.39 is 35.4 Å². The first kappa shape index (κ1) is 35.2. The molecule has 8 nitrogen and oxygen atoms in total. The van der Waals surface area contributed by atoms with Crippen molar-refractivity contribution in [1.82, 2.24) is 0 Å². The van der Waals surface area contributed by atoms with E-state index in [1.807, 2.05) is 97.1 Å². The van der Waals surface area contributed by atoms with E-state index in [0.717, 1.165) is 56.0 Å². The largest absolute Gasteiger partial charge is 0.480 e. The third-order valence-electron chi connectivity index (χ3n) is 9.02. The summed E-state index contributed by atoms with van der Waals surface area (Å²) in [6, 6.07) is 30.2. The number of aryl methyl sites for hydroxylation is 2. The van der Waals surface area contributed by atoms with Crippen LogP contribution in [-0.4, -0.2) is 54.5 Å². The van der Waals surface area contributed by atoms with Gasteiger partial charge in [0.25, 0.3) is 5.54 Å². The van der Waals surface area contributed by atoms with Crippen molar-refractivity contribution in [3.8, 4) is 0 Å². The van der Waals surface area contributed by atoms with Crippen LogP contribution in [0.3, 0.4) is 0 Å². The lowest BCUT2D eigenvalue weighted by Crippen LogP contribution is -2.51. The number of aliphatic imine (C=N–C) groups is 1. The van der Waals surface area contributed by atoms with Crippen molar-refractivity contribution in [3.05, 3.63) is 139 Å². The van der Waals surface area contributed by atoms with E-state index in [-0.39, 0.29) is 5.92 Å². The first-order valence-corrected chi connectivity index (χ1v) is 17.1. The fourth-order valence-electron chi connectivity index (χ4n) is 6.67. The summed E-state index contributed by atoms with van der Waals surface area (Å²) in [6.07, 6.45) is 3.05. The minimum atomic E-state index is -1.89. The van der Waals surface area contributed by atoms with E-state index in [9.17, 15) is 14.4 Å². The van der Waals surface area contributed by atoms with Gasteiger partial charge in [0.2, 0.25) is 0 Å². The van der Waals surface area contributed by atoms with E-state index in [2.05, 4.69) is 31.9 Å². The Morgan fingerprint density at radius 2 is 1.25 bits per heavy atom. The zero-order chi connectivity index (χ0) is 34.4. The van der Waals surface area contributed by atoms with Crippen LogP contribution in [0.2, 0.25) is 0 Å². The Labute approximate surface area is 296 Å². The van der Waals surface area contributed by atoms with Gasteiger partial charge in [-0.05, 0) is 72.2 Å². The number of hydrogen-bond donors (Lipinski definition) is 2. The van der Waals surface area contributed by atoms with Crippen molar-refractivity contribution in [2.75, 3.05) is 14.2 Å². The third-order valence-corrected chi connectivity index (χ3v) is 10.0. The van der Waals surface area contributed by atoms with Crippen molar-refractivity contribution in [2.45, 2.75) is 49.1 Å². The second kappa shape index (κ2) is 15.4. The van der Waals surface area contributed by atoms with E-state index >= 15 is 0 Å². The molecular formula is C38H36Br2N2O6. The van der Waals surface area contributed by atoms with Gasteiger partial charge in [-0.25, -0.2) is 9.59 Å². The number of methoxy groups -OCH3 is 2.